The van der Waals surface area contributed by atoms with Gasteiger partial charge >= 0.3 is 0 Å². The fourth-order valence-corrected chi connectivity index (χ4v) is 6.16. The van der Waals surface area contributed by atoms with Crippen molar-refractivity contribution in [2.45, 2.75) is 31.5 Å². The molecule has 13 heteroatoms. The third-order valence-electron chi connectivity index (χ3n) is 8.89. The highest BCUT2D eigenvalue weighted by molar-refractivity contribution is 6.02. The lowest BCUT2D eigenvalue weighted by Crippen LogP contribution is -2.38. The molecule has 0 bridgehead atoms. The van der Waals surface area contributed by atoms with E-state index in [9.17, 15) is 4.79 Å². The molecule has 4 aromatic rings. The van der Waals surface area contributed by atoms with Crippen molar-refractivity contribution in [2.24, 2.45) is 5.16 Å². The predicted molar refractivity (Wildman–Crippen MR) is 198 cm³/mol. The Labute approximate surface area is 308 Å². The summed E-state index contributed by atoms with van der Waals surface area (Å²) in [6.45, 7) is 4.50. The molecule has 278 valence electrons. The first kappa shape index (κ1) is 36.5. The minimum absolute atomic E-state index is 0.141. The van der Waals surface area contributed by atoms with Crippen molar-refractivity contribution in [3.05, 3.63) is 101 Å². The normalized spacial score (nSPS) is 15.8. The van der Waals surface area contributed by atoms with Crippen LogP contribution in [0.5, 0.6) is 46.0 Å². The summed E-state index contributed by atoms with van der Waals surface area (Å²) in [5.41, 5.74) is 4.49. The second-order valence-electron chi connectivity index (χ2n) is 12.1. The number of nitrogens with one attached hydrogen (secondary N) is 2. The third kappa shape index (κ3) is 7.83. The summed E-state index contributed by atoms with van der Waals surface area (Å²) in [7, 11) is 9.39. The fraction of sp³-hybridized carbons (Fsp3) is 0.300. The molecule has 4 aromatic carbocycles. The number of carbonyl (C=O) groups is 1. The molecule has 2 N–H and O–H groups in total. The van der Waals surface area contributed by atoms with Gasteiger partial charge in [0.2, 0.25) is 11.5 Å². The topological polar surface area (TPSA) is 137 Å². The van der Waals surface area contributed by atoms with Crippen LogP contribution in [0.2, 0.25) is 0 Å². The Hall–Kier alpha value is -6.24. The summed E-state index contributed by atoms with van der Waals surface area (Å²) in [4.78, 5) is 18.5. The molecule has 0 saturated heterocycles. The molecule has 0 radical (unpaired) electrons. The van der Waals surface area contributed by atoms with E-state index in [1.165, 1.54) is 0 Å². The van der Waals surface area contributed by atoms with Crippen LogP contribution in [0.3, 0.4) is 0 Å². The number of carbonyl (C=O) groups excluding carboxylic acids is 1. The van der Waals surface area contributed by atoms with Crippen molar-refractivity contribution in [3.8, 4) is 46.0 Å². The van der Waals surface area contributed by atoms with Crippen LogP contribution in [0.1, 0.15) is 58.6 Å². The number of anilines is 1. The monoisotopic (exact) mass is 725 g/mol. The van der Waals surface area contributed by atoms with Crippen molar-refractivity contribution in [2.75, 3.05) is 54.6 Å². The van der Waals surface area contributed by atoms with Gasteiger partial charge in [-0.3, -0.25) is 4.79 Å². The Balaban J connectivity index is 1.05. The Kier molecular flexibility index (Phi) is 11.3. The maximum absolute atomic E-state index is 12.6. The predicted octanol–water partition coefficient (Wildman–Crippen LogP) is 7.21. The number of fused-ring (bicyclic) bond motifs is 1. The molecule has 2 atom stereocenters. The van der Waals surface area contributed by atoms with Crippen LogP contribution >= 0.6 is 0 Å². The molecule has 0 fully saturated rings. The first-order valence-corrected chi connectivity index (χ1v) is 16.9. The smallest absolute Gasteiger partial charge is 0.255 e. The van der Waals surface area contributed by atoms with Gasteiger partial charge in [-0.25, -0.2) is 0 Å². The number of oxime groups is 1. The lowest BCUT2D eigenvalue weighted by Gasteiger charge is -2.28. The average Bonchev–Trinajstić information content (AvgIpc) is 3.69. The van der Waals surface area contributed by atoms with Crippen LogP contribution in [-0.2, 0) is 4.84 Å². The van der Waals surface area contributed by atoms with E-state index < -0.39 is 6.17 Å². The van der Waals surface area contributed by atoms with Gasteiger partial charge in [0.05, 0.1) is 66.3 Å². The van der Waals surface area contributed by atoms with Crippen LogP contribution in [0.25, 0.3) is 0 Å². The number of ether oxygens (including phenoxy) is 8. The molecule has 2 aliphatic heterocycles. The number of hydrogen-bond donors (Lipinski definition) is 2. The molecular formula is C40H43N3O10. The molecule has 0 spiro atoms. The number of para-hydroxylation sites is 1. The van der Waals surface area contributed by atoms with Crippen LogP contribution in [0, 0.1) is 0 Å². The minimum atomic E-state index is -0.408. The standard InChI is InChI=1S/C40H43N3O10/c1-23(11-10-16-51-30-15-14-24(17-32(30)45-2)39-41-28-13-9-8-12-27(28)40(44)42-39)52-38-35(48-5)18-25(19-36(38)49-6)29-22-31(53-43-29)26-20-33(46-3)37(50-7)34(21-26)47-4/h8-9,12-15,17-21,31,39,41H,1,10-11,16,22H2,2-7H3,(H,42,44). The largest absolute Gasteiger partial charge is 0.493 e. The molecule has 0 aliphatic carbocycles. The first-order valence-electron chi connectivity index (χ1n) is 16.9. The summed E-state index contributed by atoms with van der Waals surface area (Å²) < 4.78 is 45.8. The van der Waals surface area contributed by atoms with Crippen LogP contribution in [-0.4, -0.2) is 60.9 Å². The Morgan fingerprint density at radius 1 is 0.755 bits per heavy atom. The van der Waals surface area contributed by atoms with Crippen LogP contribution in [0.15, 0.2) is 84.2 Å². The van der Waals surface area contributed by atoms with Gasteiger partial charge in [0.15, 0.2) is 40.6 Å². The zero-order valence-corrected chi connectivity index (χ0v) is 30.6. The van der Waals surface area contributed by atoms with E-state index in [-0.39, 0.29) is 12.0 Å². The van der Waals surface area contributed by atoms with E-state index in [1.807, 2.05) is 60.7 Å². The molecule has 13 nitrogen and oxygen atoms in total. The van der Waals surface area contributed by atoms with Gasteiger partial charge in [-0.15, -0.1) is 0 Å². The van der Waals surface area contributed by atoms with E-state index in [4.69, 9.17) is 42.7 Å². The fourth-order valence-electron chi connectivity index (χ4n) is 6.16. The van der Waals surface area contributed by atoms with E-state index >= 15 is 0 Å². The van der Waals surface area contributed by atoms with Gasteiger partial charge in [0.25, 0.3) is 5.91 Å². The van der Waals surface area contributed by atoms with E-state index in [2.05, 4.69) is 22.4 Å². The highest BCUT2D eigenvalue weighted by Crippen LogP contribution is 2.44. The molecule has 0 aromatic heterocycles. The quantitative estimate of drug-likeness (QED) is 0.0896. The van der Waals surface area contributed by atoms with Crippen molar-refractivity contribution < 1.29 is 47.5 Å². The number of amides is 1. The summed E-state index contributed by atoms with van der Waals surface area (Å²) in [6.07, 6.45) is 0.812. The van der Waals surface area contributed by atoms with Crippen molar-refractivity contribution in [3.63, 3.8) is 0 Å². The molecule has 2 aliphatic rings. The SMILES string of the molecule is C=C(CCCOc1ccc(C2NC(=O)c3ccccc3N2)cc1OC)Oc1c(OC)cc(C2=NOC(c3cc(OC)c(OC)c(OC)c3)C2)cc1OC. The van der Waals surface area contributed by atoms with E-state index in [1.54, 1.807) is 48.7 Å². The van der Waals surface area contributed by atoms with E-state index in [0.29, 0.717) is 88.9 Å². The van der Waals surface area contributed by atoms with Crippen molar-refractivity contribution in [1.82, 2.24) is 5.32 Å². The molecule has 2 heterocycles. The lowest BCUT2D eigenvalue weighted by molar-refractivity contribution is 0.0853. The van der Waals surface area contributed by atoms with Gasteiger partial charge in [-0.2, -0.15) is 0 Å². The van der Waals surface area contributed by atoms with Crippen LogP contribution in [0.4, 0.5) is 5.69 Å². The zero-order chi connectivity index (χ0) is 37.5. The summed E-state index contributed by atoms with van der Waals surface area (Å²) >= 11 is 0. The average molecular weight is 726 g/mol. The van der Waals surface area contributed by atoms with Crippen LogP contribution < -0.4 is 48.5 Å². The molecule has 1 amide bonds. The second kappa shape index (κ2) is 16.4. The van der Waals surface area contributed by atoms with Gasteiger partial charge in [-0.05, 0) is 60.5 Å². The minimum Gasteiger partial charge on any atom is -0.493 e. The summed E-state index contributed by atoms with van der Waals surface area (Å²) in [5.74, 6) is 4.35. The lowest BCUT2D eigenvalue weighted by atomic mass is 9.99. The van der Waals surface area contributed by atoms with Gasteiger partial charge in [-0.1, -0.05) is 29.9 Å². The number of nitrogens with zero attached hydrogens (tertiary/aromatic N) is 1. The number of hydrogen-bond acceptors (Lipinski definition) is 12. The Morgan fingerprint density at radius 3 is 2.06 bits per heavy atom. The van der Waals surface area contributed by atoms with Crippen molar-refractivity contribution in [1.29, 1.82) is 0 Å². The van der Waals surface area contributed by atoms with Crippen molar-refractivity contribution >= 4 is 17.3 Å². The first-order chi connectivity index (χ1) is 25.8. The van der Waals surface area contributed by atoms with E-state index in [0.717, 1.165) is 22.4 Å². The van der Waals surface area contributed by atoms with Gasteiger partial charge in [0.1, 0.15) is 6.17 Å². The number of benzene rings is 4. The highest BCUT2D eigenvalue weighted by Gasteiger charge is 2.29. The maximum atomic E-state index is 12.6. The van der Waals surface area contributed by atoms with Gasteiger partial charge < -0.3 is 53.4 Å². The number of rotatable bonds is 16. The number of methoxy groups -OCH3 is 6. The Bertz CT molecular complexity index is 1960. The molecule has 6 rings (SSSR count). The maximum Gasteiger partial charge on any atom is 0.255 e. The molecular weight excluding hydrogens is 682 g/mol. The second-order valence-corrected chi connectivity index (χ2v) is 12.1. The molecule has 2 unspecified atom stereocenters. The number of allylic oxidation sites excluding steroid dienone is 1. The van der Waals surface area contributed by atoms with Gasteiger partial charge in [0, 0.05) is 29.7 Å². The summed E-state index contributed by atoms with van der Waals surface area (Å²) in [6, 6.07) is 20.3. The third-order valence-corrected chi connectivity index (χ3v) is 8.89. The highest BCUT2D eigenvalue weighted by atomic mass is 16.6. The molecule has 0 saturated carbocycles. The summed E-state index contributed by atoms with van der Waals surface area (Å²) in [5, 5.41) is 10.7. The zero-order valence-electron chi connectivity index (χ0n) is 30.6. The molecule has 53 heavy (non-hydrogen) atoms. The Morgan fingerprint density at radius 2 is 1.40 bits per heavy atom.